The van der Waals surface area contributed by atoms with Crippen LogP contribution in [-0.2, 0) is 11.8 Å². The van der Waals surface area contributed by atoms with E-state index in [2.05, 4.69) is 15.5 Å². The molecule has 1 atom stereocenters. The standard InChI is InChI=1S/C20H19FN4O3S/c1-12(13-7-8-16-17(9-13)28-11-27-16)22-18(26)10-29-20-24-23-19(25(20)2)14-5-3-4-6-15(14)21/h3-9,12H,10-11H2,1-2H3,(H,22,26)/t12-/m1/s1. The highest BCUT2D eigenvalue weighted by Gasteiger charge is 2.18. The fourth-order valence-electron chi connectivity index (χ4n) is 3.00. The Morgan fingerprint density at radius 3 is 2.86 bits per heavy atom. The molecule has 1 aliphatic heterocycles. The third-order valence-electron chi connectivity index (χ3n) is 4.56. The molecule has 3 aromatic rings. The Hall–Kier alpha value is -3.07. The van der Waals surface area contributed by atoms with E-state index in [9.17, 15) is 9.18 Å². The molecule has 1 N–H and O–H groups in total. The quantitative estimate of drug-likeness (QED) is 0.624. The number of fused-ring (bicyclic) bond motifs is 1. The van der Waals surface area contributed by atoms with E-state index in [0.717, 1.165) is 5.56 Å². The Kier molecular flexibility index (Phi) is 5.39. The van der Waals surface area contributed by atoms with Crippen LogP contribution in [0.15, 0.2) is 47.6 Å². The monoisotopic (exact) mass is 414 g/mol. The Balaban J connectivity index is 1.37. The summed E-state index contributed by atoms with van der Waals surface area (Å²) < 4.78 is 26.4. The molecule has 0 fully saturated rings. The van der Waals surface area contributed by atoms with Crippen molar-refractivity contribution in [3.05, 3.63) is 53.8 Å². The third-order valence-corrected chi connectivity index (χ3v) is 5.58. The minimum Gasteiger partial charge on any atom is -0.454 e. The first kappa shape index (κ1) is 19.3. The predicted molar refractivity (Wildman–Crippen MR) is 106 cm³/mol. The second kappa shape index (κ2) is 8.12. The number of hydrogen-bond acceptors (Lipinski definition) is 6. The maximum absolute atomic E-state index is 14.0. The number of amides is 1. The molecule has 1 aliphatic rings. The van der Waals surface area contributed by atoms with Gasteiger partial charge in [-0.3, -0.25) is 4.79 Å². The summed E-state index contributed by atoms with van der Waals surface area (Å²) in [7, 11) is 1.75. The van der Waals surface area contributed by atoms with Gasteiger partial charge in [-0.15, -0.1) is 10.2 Å². The van der Waals surface area contributed by atoms with E-state index in [1.54, 1.807) is 29.8 Å². The van der Waals surface area contributed by atoms with Crippen LogP contribution in [0.4, 0.5) is 4.39 Å². The van der Waals surface area contributed by atoms with Crippen LogP contribution in [0.5, 0.6) is 11.5 Å². The van der Waals surface area contributed by atoms with Gasteiger partial charge in [0.2, 0.25) is 12.7 Å². The van der Waals surface area contributed by atoms with Crippen molar-refractivity contribution in [2.24, 2.45) is 7.05 Å². The summed E-state index contributed by atoms with van der Waals surface area (Å²) >= 11 is 1.24. The van der Waals surface area contributed by atoms with Gasteiger partial charge in [-0.2, -0.15) is 0 Å². The van der Waals surface area contributed by atoms with Gasteiger partial charge in [-0.1, -0.05) is 30.0 Å². The highest BCUT2D eigenvalue weighted by molar-refractivity contribution is 7.99. The maximum Gasteiger partial charge on any atom is 0.231 e. The molecule has 9 heteroatoms. The molecule has 2 heterocycles. The molecule has 7 nitrogen and oxygen atoms in total. The molecular weight excluding hydrogens is 395 g/mol. The van der Waals surface area contributed by atoms with E-state index < -0.39 is 0 Å². The van der Waals surface area contributed by atoms with E-state index in [4.69, 9.17) is 9.47 Å². The smallest absolute Gasteiger partial charge is 0.231 e. The van der Waals surface area contributed by atoms with Crippen molar-refractivity contribution in [3.63, 3.8) is 0 Å². The molecule has 0 aliphatic carbocycles. The zero-order chi connectivity index (χ0) is 20.4. The van der Waals surface area contributed by atoms with E-state index in [1.165, 1.54) is 17.8 Å². The van der Waals surface area contributed by atoms with Crippen LogP contribution < -0.4 is 14.8 Å². The number of benzene rings is 2. The largest absolute Gasteiger partial charge is 0.454 e. The molecule has 1 amide bonds. The number of hydrogen-bond donors (Lipinski definition) is 1. The molecule has 0 unspecified atom stereocenters. The van der Waals surface area contributed by atoms with E-state index in [1.807, 2.05) is 25.1 Å². The molecule has 0 bridgehead atoms. The topological polar surface area (TPSA) is 78.3 Å². The molecule has 29 heavy (non-hydrogen) atoms. The molecule has 1 aromatic heterocycles. The van der Waals surface area contributed by atoms with Crippen molar-refractivity contribution in [2.45, 2.75) is 18.1 Å². The van der Waals surface area contributed by atoms with Crippen LogP contribution >= 0.6 is 11.8 Å². The van der Waals surface area contributed by atoms with Crippen LogP contribution in [0.25, 0.3) is 11.4 Å². The molecular formula is C20H19FN4O3S. The lowest BCUT2D eigenvalue weighted by Crippen LogP contribution is -2.28. The Morgan fingerprint density at radius 2 is 2.03 bits per heavy atom. The van der Waals surface area contributed by atoms with Gasteiger partial charge < -0.3 is 19.4 Å². The van der Waals surface area contributed by atoms with Gasteiger partial charge in [0.15, 0.2) is 22.5 Å². The SMILES string of the molecule is C[C@@H](NC(=O)CSc1nnc(-c2ccccc2F)n1C)c1ccc2c(c1)OCO2. The van der Waals surface area contributed by atoms with Crippen LogP contribution in [0.2, 0.25) is 0 Å². The first-order valence-electron chi connectivity index (χ1n) is 8.99. The highest BCUT2D eigenvalue weighted by Crippen LogP contribution is 2.34. The van der Waals surface area contributed by atoms with E-state index in [0.29, 0.717) is 28.0 Å². The number of carbonyl (C=O) groups excluding carboxylic acids is 1. The average Bonchev–Trinajstić information content (AvgIpc) is 3.32. The lowest BCUT2D eigenvalue weighted by molar-refractivity contribution is -0.119. The van der Waals surface area contributed by atoms with Gasteiger partial charge >= 0.3 is 0 Å². The number of nitrogens with zero attached hydrogens (tertiary/aromatic N) is 3. The summed E-state index contributed by atoms with van der Waals surface area (Å²) in [5.74, 6) is 1.46. The minimum absolute atomic E-state index is 0.143. The molecule has 150 valence electrons. The molecule has 2 aromatic carbocycles. The maximum atomic E-state index is 14.0. The van der Waals surface area contributed by atoms with Gasteiger partial charge in [0, 0.05) is 7.05 Å². The number of halogens is 1. The number of thioether (sulfide) groups is 1. The predicted octanol–water partition coefficient (Wildman–Crippen LogP) is 3.32. The van der Waals surface area contributed by atoms with Gasteiger partial charge in [0.1, 0.15) is 5.82 Å². The Labute approximate surface area is 171 Å². The first-order valence-corrected chi connectivity index (χ1v) is 9.97. The van der Waals surface area contributed by atoms with Gasteiger partial charge in [0.05, 0.1) is 17.4 Å². The molecule has 0 saturated heterocycles. The van der Waals surface area contributed by atoms with Crippen molar-refractivity contribution < 1.29 is 18.7 Å². The number of ether oxygens (including phenoxy) is 2. The van der Waals surface area contributed by atoms with Gasteiger partial charge in [-0.05, 0) is 36.8 Å². The summed E-state index contributed by atoms with van der Waals surface area (Å²) in [5.41, 5.74) is 1.29. The zero-order valence-corrected chi connectivity index (χ0v) is 16.7. The van der Waals surface area contributed by atoms with Crippen LogP contribution in [-0.4, -0.2) is 33.2 Å². The lowest BCUT2D eigenvalue weighted by Gasteiger charge is -2.14. The first-order chi connectivity index (χ1) is 14.0. The summed E-state index contributed by atoms with van der Waals surface area (Å²) in [6, 6.07) is 11.8. The van der Waals surface area contributed by atoms with Crippen molar-refractivity contribution in [1.82, 2.24) is 20.1 Å². The lowest BCUT2D eigenvalue weighted by atomic mass is 10.1. The van der Waals surface area contributed by atoms with E-state index >= 15 is 0 Å². The van der Waals surface area contributed by atoms with Crippen LogP contribution in [0.1, 0.15) is 18.5 Å². The molecule has 0 spiro atoms. The van der Waals surface area contributed by atoms with Gasteiger partial charge in [-0.25, -0.2) is 4.39 Å². The average molecular weight is 414 g/mol. The second-order valence-electron chi connectivity index (χ2n) is 6.54. The summed E-state index contributed by atoms with van der Waals surface area (Å²) in [6.07, 6.45) is 0. The molecule has 0 radical (unpaired) electrons. The normalized spacial score (nSPS) is 13.3. The summed E-state index contributed by atoms with van der Waals surface area (Å²) in [6.45, 7) is 2.11. The number of nitrogens with one attached hydrogen (secondary N) is 1. The van der Waals surface area contributed by atoms with Crippen LogP contribution in [0, 0.1) is 5.82 Å². The van der Waals surface area contributed by atoms with Crippen molar-refractivity contribution in [3.8, 4) is 22.9 Å². The number of carbonyl (C=O) groups is 1. The minimum atomic E-state index is -0.366. The summed E-state index contributed by atoms with van der Waals surface area (Å²) in [5, 5.41) is 11.6. The zero-order valence-electron chi connectivity index (χ0n) is 15.9. The highest BCUT2D eigenvalue weighted by atomic mass is 32.2. The second-order valence-corrected chi connectivity index (χ2v) is 7.48. The molecule has 0 saturated carbocycles. The van der Waals surface area contributed by atoms with Gasteiger partial charge in [0.25, 0.3) is 0 Å². The van der Waals surface area contributed by atoms with E-state index in [-0.39, 0.29) is 30.3 Å². The number of aromatic nitrogens is 3. The Morgan fingerprint density at radius 1 is 1.24 bits per heavy atom. The fraction of sp³-hybridized carbons (Fsp3) is 0.250. The molecule has 4 rings (SSSR count). The summed E-state index contributed by atoms with van der Waals surface area (Å²) in [4.78, 5) is 12.4. The van der Waals surface area contributed by atoms with Crippen molar-refractivity contribution in [1.29, 1.82) is 0 Å². The third kappa shape index (κ3) is 4.04. The fourth-order valence-corrected chi connectivity index (χ4v) is 3.72. The Bertz CT molecular complexity index is 1060. The number of rotatable bonds is 6. The van der Waals surface area contributed by atoms with Crippen molar-refractivity contribution >= 4 is 17.7 Å². The van der Waals surface area contributed by atoms with Crippen LogP contribution in [0.3, 0.4) is 0 Å². The van der Waals surface area contributed by atoms with Crippen molar-refractivity contribution in [2.75, 3.05) is 12.5 Å².